The lowest BCUT2D eigenvalue weighted by molar-refractivity contribution is -0.133. The van der Waals surface area contributed by atoms with Crippen LogP contribution in [0.15, 0.2) is 0 Å². The number of hydrogen-bond acceptors (Lipinski definition) is 3. The van der Waals surface area contributed by atoms with Crippen LogP contribution < -0.4 is 0 Å². The maximum atomic E-state index is 12.0. The van der Waals surface area contributed by atoms with Gasteiger partial charge in [0.15, 0.2) is 0 Å². The first-order valence-corrected chi connectivity index (χ1v) is 6.15. The van der Waals surface area contributed by atoms with Gasteiger partial charge in [0.05, 0.1) is 7.11 Å². The number of rotatable bonds is 3. The minimum Gasteiger partial charge on any atom is -0.453 e. The van der Waals surface area contributed by atoms with Gasteiger partial charge in [-0.05, 0) is 18.8 Å². The zero-order valence-corrected chi connectivity index (χ0v) is 10.9. The zero-order chi connectivity index (χ0) is 12.8. The normalized spacial score (nSPS) is 19.9. The smallest absolute Gasteiger partial charge is 0.409 e. The topological polar surface area (TPSA) is 49.9 Å². The van der Waals surface area contributed by atoms with E-state index in [1.807, 2.05) is 4.90 Å². The fraction of sp³-hybridized carbons (Fsp3) is 0.833. The van der Waals surface area contributed by atoms with Crippen LogP contribution in [0.2, 0.25) is 0 Å². The Hall–Kier alpha value is -1.26. The second-order valence-electron chi connectivity index (χ2n) is 4.58. The number of piperidine rings is 1. The summed E-state index contributed by atoms with van der Waals surface area (Å²) in [6.45, 7) is 3.89. The van der Waals surface area contributed by atoms with Crippen LogP contribution in [-0.4, -0.2) is 55.6 Å². The molecule has 5 heteroatoms. The molecule has 0 N–H and O–H groups in total. The third-order valence-electron chi connectivity index (χ3n) is 3.31. The predicted molar refractivity (Wildman–Crippen MR) is 64.6 cm³/mol. The molecule has 0 saturated carbocycles. The van der Waals surface area contributed by atoms with E-state index in [4.69, 9.17) is 0 Å². The quantitative estimate of drug-likeness (QED) is 0.750. The number of likely N-dealkylation sites (N-methyl/N-ethyl adjacent to an activating group) is 1. The summed E-state index contributed by atoms with van der Waals surface area (Å²) in [5.74, 6) is 0.618. The molecule has 1 unspecified atom stereocenters. The first kappa shape index (κ1) is 13.8. The molecule has 5 nitrogen and oxygen atoms in total. The molecule has 0 aliphatic carbocycles. The number of likely N-dealkylation sites (tertiary alicyclic amines) is 1. The monoisotopic (exact) mass is 242 g/mol. The number of hydrogen-bond donors (Lipinski definition) is 0. The molecule has 17 heavy (non-hydrogen) atoms. The largest absolute Gasteiger partial charge is 0.453 e. The summed E-state index contributed by atoms with van der Waals surface area (Å²) < 4.78 is 4.56. The Morgan fingerprint density at radius 3 is 2.76 bits per heavy atom. The van der Waals surface area contributed by atoms with Gasteiger partial charge in [-0.1, -0.05) is 13.3 Å². The SMILES string of the molecule is CCC1CCCN(C(=O)CN(C)C(=O)OC)C1. The molecule has 1 fully saturated rings. The summed E-state index contributed by atoms with van der Waals surface area (Å²) in [5, 5.41) is 0. The van der Waals surface area contributed by atoms with E-state index >= 15 is 0 Å². The molecule has 98 valence electrons. The van der Waals surface area contributed by atoms with Crippen molar-refractivity contribution in [3.05, 3.63) is 0 Å². The molecule has 0 aromatic rings. The minimum atomic E-state index is -0.470. The fourth-order valence-corrected chi connectivity index (χ4v) is 2.15. The van der Waals surface area contributed by atoms with Crippen LogP contribution in [0.25, 0.3) is 0 Å². The molecule has 1 heterocycles. The number of nitrogens with zero attached hydrogens (tertiary/aromatic N) is 2. The molecule has 1 saturated heterocycles. The Bertz CT molecular complexity index is 281. The average Bonchev–Trinajstić information content (AvgIpc) is 2.37. The average molecular weight is 242 g/mol. The number of ether oxygens (including phenoxy) is 1. The molecule has 0 aromatic carbocycles. The molecule has 0 spiro atoms. The lowest BCUT2D eigenvalue weighted by atomic mass is 9.95. The van der Waals surface area contributed by atoms with Crippen molar-refractivity contribution < 1.29 is 14.3 Å². The van der Waals surface area contributed by atoms with Crippen molar-refractivity contribution in [2.45, 2.75) is 26.2 Å². The van der Waals surface area contributed by atoms with E-state index in [9.17, 15) is 9.59 Å². The van der Waals surface area contributed by atoms with Crippen LogP contribution >= 0.6 is 0 Å². The van der Waals surface area contributed by atoms with Gasteiger partial charge in [-0.2, -0.15) is 0 Å². The lowest BCUT2D eigenvalue weighted by Crippen LogP contribution is -2.45. The summed E-state index contributed by atoms with van der Waals surface area (Å²) in [7, 11) is 2.89. The summed E-state index contributed by atoms with van der Waals surface area (Å²) in [6.07, 6.45) is 2.90. The lowest BCUT2D eigenvalue weighted by Gasteiger charge is -2.33. The van der Waals surface area contributed by atoms with Gasteiger partial charge in [0.2, 0.25) is 5.91 Å². The second-order valence-corrected chi connectivity index (χ2v) is 4.58. The van der Waals surface area contributed by atoms with Crippen molar-refractivity contribution >= 4 is 12.0 Å². The molecule has 1 atom stereocenters. The van der Waals surface area contributed by atoms with Crippen LogP contribution in [0.1, 0.15) is 26.2 Å². The van der Waals surface area contributed by atoms with E-state index in [0.717, 1.165) is 25.9 Å². The van der Waals surface area contributed by atoms with Crippen LogP contribution in [-0.2, 0) is 9.53 Å². The molecule has 0 aromatic heterocycles. The van der Waals surface area contributed by atoms with Gasteiger partial charge in [0.1, 0.15) is 6.54 Å². The van der Waals surface area contributed by atoms with E-state index in [2.05, 4.69) is 11.7 Å². The molecule has 2 amide bonds. The predicted octanol–water partition coefficient (Wildman–Crippen LogP) is 1.33. The van der Waals surface area contributed by atoms with Crippen molar-refractivity contribution in [1.82, 2.24) is 9.80 Å². The first-order chi connectivity index (χ1) is 8.08. The van der Waals surface area contributed by atoms with Gasteiger partial charge in [0.25, 0.3) is 0 Å². The number of methoxy groups -OCH3 is 1. The van der Waals surface area contributed by atoms with E-state index in [0.29, 0.717) is 5.92 Å². The summed E-state index contributed by atoms with van der Waals surface area (Å²) in [6, 6.07) is 0. The fourth-order valence-electron chi connectivity index (χ4n) is 2.15. The molecule has 1 aliphatic rings. The van der Waals surface area contributed by atoms with Gasteiger partial charge in [0, 0.05) is 20.1 Å². The second kappa shape index (κ2) is 6.47. The van der Waals surface area contributed by atoms with Gasteiger partial charge < -0.3 is 14.5 Å². The standard InChI is InChI=1S/C12H22N2O3/c1-4-10-6-5-7-14(8-10)11(15)9-13(2)12(16)17-3/h10H,4-9H2,1-3H3. The Morgan fingerprint density at radius 2 is 2.18 bits per heavy atom. The Balaban J connectivity index is 2.44. The summed E-state index contributed by atoms with van der Waals surface area (Å²) in [5.41, 5.74) is 0. The minimum absolute atomic E-state index is 0.0102. The zero-order valence-electron chi connectivity index (χ0n) is 10.9. The maximum Gasteiger partial charge on any atom is 0.409 e. The van der Waals surface area contributed by atoms with Crippen LogP contribution in [0, 0.1) is 5.92 Å². The van der Waals surface area contributed by atoms with Crippen LogP contribution in [0.4, 0.5) is 4.79 Å². The van der Waals surface area contributed by atoms with Gasteiger partial charge in [-0.25, -0.2) is 4.79 Å². The van der Waals surface area contributed by atoms with E-state index < -0.39 is 6.09 Å². The van der Waals surface area contributed by atoms with Gasteiger partial charge in [-0.3, -0.25) is 4.79 Å². The summed E-state index contributed by atoms with van der Waals surface area (Å²) in [4.78, 5) is 26.3. The van der Waals surface area contributed by atoms with E-state index in [1.54, 1.807) is 7.05 Å². The number of carbonyl (C=O) groups excluding carboxylic acids is 2. The van der Waals surface area contributed by atoms with Crippen molar-refractivity contribution in [3.63, 3.8) is 0 Å². The summed E-state index contributed by atoms with van der Waals surface area (Å²) >= 11 is 0. The Labute approximate surface area is 103 Å². The highest BCUT2D eigenvalue weighted by Crippen LogP contribution is 2.19. The van der Waals surface area contributed by atoms with E-state index in [1.165, 1.54) is 18.4 Å². The van der Waals surface area contributed by atoms with Gasteiger partial charge in [-0.15, -0.1) is 0 Å². The van der Waals surface area contributed by atoms with Crippen LogP contribution in [0.3, 0.4) is 0 Å². The Kier molecular flexibility index (Phi) is 5.25. The van der Waals surface area contributed by atoms with Crippen molar-refractivity contribution in [3.8, 4) is 0 Å². The maximum absolute atomic E-state index is 12.0. The molecular formula is C12H22N2O3. The highest BCUT2D eigenvalue weighted by atomic mass is 16.5. The molecule has 0 bridgehead atoms. The highest BCUT2D eigenvalue weighted by molar-refractivity contribution is 5.82. The molecule has 0 radical (unpaired) electrons. The van der Waals surface area contributed by atoms with Crippen molar-refractivity contribution in [2.24, 2.45) is 5.92 Å². The van der Waals surface area contributed by atoms with Crippen LogP contribution in [0.5, 0.6) is 0 Å². The van der Waals surface area contributed by atoms with Gasteiger partial charge >= 0.3 is 6.09 Å². The number of carbonyl (C=O) groups is 2. The van der Waals surface area contributed by atoms with Crippen molar-refractivity contribution in [2.75, 3.05) is 33.8 Å². The molecule has 1 rings (SSSR count). The van der Waals surface area contributed by atoms with Crippen molar-refractivity contribution in [1.29, 1.82) is 0 Å². The highest BCUT2D eigenvalue weighted by Gasteiger charge is 2.24. The third kappa shape index (κ3) is 3.91. The molecular weight excluding hydrogens is 220 g/mol. The number of amides is 2. The third-order valence-corrected chi connectivity index (χ3v) is 3.31. The van der Waals surface area contributed by atoms with E-state index in [-0.39, 0.29) is 12.5 Å². The first-order valence-electron chi connectivity index (χ1n) is 6.15. The molecule has 1 aliphatic heterocycles. The Morgan fingerprint density at radius 1 is 1.47 bits per heavy atom.